The molecule has 0 unspecified atom stereocenters. The maximum absolute atomic E-state index is 5.19. The number of hydrogen-bond acceptors (Lipinski definition) is 2. The Labute approximate surface area is 95.7 Å². The molecule has 0 N–H and O–H groups in total. The van der Waals surface area contributed by atoms with Crippen LogP contribution < -0.4 is 4.74 Å². The number of ether oxygens (including phenoxy) is 1. The molecule has 1 heterocycles. The van der Waals surface area contributed by atoms with Crippen LogP contribution in [0.15, 0.2) is 24.3 Å². The van der Waals surface area contributed by atoms with Gasteiger partial charge in [0.2, 0.25) is 0 Å². The van der Waals surface area contributed by atoms with Crippen molar-refractivity contribution >= 4 is 0 Å². The van der Waals surface area contributed by atoms with Crippen LogP contribution in [-0.2, 0) is 0 Å². The lowest BCUT2D eigenvalue weighted by Gasteiger charge is -2.09. The molecule has 3 nitrogen and oxygen atoms in total. The molecule has 0 aliphatic rings. The number of aryl methyl sites for hydroxylation is 3. The van der Waals surface area contributed by atoms with Crippen molar-refractivity contribution in [2.75, 3.05) is 7.11 Å². The molecule has 0 spiro atoms. The van der Waals surface area contributed by atoms with Crippen LogP contribution in [0.1, 0.15) is 17.0 Å². The summed E-state index contributed by atoms with van der Waals surface area (Å²) in [5, 5.41) is 4.47. The van der Waals surface area contributed by atoms with Gasteiger partial charge in [0.1, 0.15) is 5.75 Å². The lowest BCUT2D eigenvalue weighted by atomic mass is 10.2. The van der Waals surface area contributed by atoms with Gasteiger partial charge in [-0.2, -0.15) is 5.10 Å². The van der Waals surface area contributed by atoms with Crippen LogP contribution in [0.4, 0.5) is 0 Å². The van der Waals surface area contributed by atoms with E-state index in [0.717, 1.165) is 28.4 Å². The van der Waals surface area contributed by atoms with Crippen molar-refractivity contribution in [3.05, 3.63) is 41.2 Å². The van der Waals surface area contributed by atoms with Crippen LogP contribution in [-0.4, -0.2) is 16.9 Å². The molecule has 84 valence electrons. The lowest BCUT2D eigenvalue weighted by Crippen LogP contribution is -2.01. The zero-order chi connectivity index (χ0) is 11.7. The van der Waals surface area contributed by atoms with E-state index < -0.39 is 0 Å². The van der Waals surface area contributed by atoms with Gasteiger partial charge in [0, 0.05) is 5.69 Å². The van der Waals surface area contributed by atoms with Crippen molar-refractivity contribution in [3.63, 3.8) is 0 Å². The lowest BCUT2D eigenvalue weighted by molar-refractivity contribution is 0.414. The third-order valence-electron chi connectivity index (χ3n) is 2.64. The topological polar surface area (TPSA) is 27.1 Å². The van der Waals surface area contributed by atoms with Crippen molar-refractivity contribution in [2.24, 2.45) is 0 Å². The van der Waals surface area contributed by atoms with Gasteiger partial charge in [-0.15, -0.1) is 0 Å². The Morgan fingerprint density at radius 3 is 2.38 bits per heavy atom. The second kappa shape index (κ2) is 4.00. The molecule has 16 heavy (non-hydrogen) atoms. The predicted octanol–water partition coefficient (Wildman–Crippen LogP) is 2.81. The Bertz CT molecular complexity index is 515. The SMILES string of the molecule is COc1ccc(-n2nc(C)cc2C)c(C)c1. The Balaban J connectivity index is 2.52. The van der Waals surface area contributed by atoms with Gasteiger partial charge in [0.05, 0.1) is 18.5 Å². The highest BCUT2D eigenvalue weighted by Gasteiger charge is 2.07. The first kappa shape index (κ1) is 10.7. The normalized spacial score (nSPS) is 10.5. The van der Waals surface area contributed by atoms with Crippen molar-refractivity contribution in [1.29, 1.82) is 0 Å². The van der Waals surface area contributed by atoms with Gasteiger partial charge in [-0.3, -0.25) is 0 Å². The molecule has 0 aliphatic carbocycles. The maximum Gasteiger partial charge on any atom is 0.119 e. The van der Waals surface area contributed by atoms with E-state index in [1.54, 1.807) is 7.11 Å². The van der Waals surface area contributed by atoms with Gasteiger partial charge in [-0.05, 0) is 50.6 Å². The largest absolute Gasteiger partial charge is 0.497 e. The Morgan fingerprint density at radius 1 is 1.12 bits per heavy atom. The van der Waals surface area contributed by atoms with E-state index in [9.17, 15) is 0 Å². The summed E-state index contributed by atoms with van der Waals surface area (Å²) in [5.74, 6) is 0.878. The Morgan fingerprint density at radius 2 is 1.88 bits per heavy atom. The first-order chi connectivity index (χ1) is 7.61. The van der Waals surface area contributed by atoms with Crippen LogP contribution in [0.25, 0.3) is 5.69 Å². The monoisotopic (exact) mass is 216 g/mol. The number of methoxy groups -OCH3 is 1. The molecule has 0 saturated carbocycles. The van der Waals surface area contributed by atoms with E-state index in [0.29, 0.717) is 0 Å². The van der Waals surface area contributed by atoms with Gasteiger partial charge in [-0.1, -0.05) is 0 Å². The number of nitrogens with zero attached hydrogens (tertiary/aromatic N) is 2. The highest BCUT2D eigenvalue weighted by atomic mass is 16.5. The zero-order valence-electron chi connectivity index (χ0n) is 10.1. The van der Waals surface area contributed by atoms with E-state index in [1.807, 2.05) is 29.8 Å². The summed E-state index contributed by atoms with van der Waals surface area (Å²) in [6.07, 6.45) is 0. The Hall–Kier alpha value is -1.77. The van der Waals surface area contributed by atoms with Crippen molar-refractivity contribution in [2.45, 2.75) is 20.8 Å². The first-order valence-electron chi connectivity index (χ1n) is 5.30. The minimum Gasteiger partial charge on any atom is -0.497 e. The fourth-order valence-corrected chi connectivity index (χ4v) is 1.87. The van der Waals surface area contributed by atoms with Gasteiger partial charge in [0.25, 0.3) is 0 Å². The van der Waals surface area contributed by atoms with E-state index in [1.165, 1.54) is 0 Å². The summed E-state index contributed by atoms with van der Waals surface area (Å²) in [6, 6.07) is 8.09. The molecule has 1 aromatic carbocycles. The Kier molecular flexibility index (Phi) is 2.69. The van der Waals surface area contributed by atoms with Crippen molar-refractivity contribution < 1.29 is 4.74 Å². The number of hydrogen-bond donors (Lipinski definition) is 0. The molecule has 0 atom stereocenters. The van der Waals surface area contributed by atoms with E-state index >= 15 is 0 Å². The molecule has 0 amide bonds. The van der Waals surface area contributed by atoms with Crippen molar-refractivity contribution in [1.82, 2.24) is 9.78 Å². The second-order valence-corrected chi connectivity index (χ2v) is 3.99. The van der Waals surface area contributed by atoms with Crippen LogP contribution in [0.5, 0.6) is 5.75 Å². The van der Waals surface area contributed by atoms with Crippen LogP contribution in [0.2, 0.25) is 0 Å². The minimum atomic E-state index is 0.878. The number of aromatic nitrogens is 2. The molecule has 0 bridgehead atoms. The average Bonchev–Trinajstić information content (AvgIpc) is 2.57. The highest BCUT2D eigenvalue weighted by molar-refractivity contribution is 5.45. The summed E-state index contributed by atoms with van der Waals surface area (Å²) >= 11 is 0. The predicted molar refractivity (Wildman–Crippen MR) is 64.3 cm³/mol. The first-order valence-corrected chi connectivity index (χ1v) is 5.30. The maximum atomic E-state index is 5.19. The number of benzene rings is 1. The summed E-state index contributed by atoms with van der Waals surface area (Å²) < 4.78 is 7.15. The van der Waals surface area contributed by atoms with Gasteiger partial charge < -0.3 is 4.74 Å². The third kappa shape index (κ3) is 1.81. The van der Waals surface area contributed by atoms with Gasteiger partial charge in [0.15, 0.2) is 0 Å². The van der Waals surface area contributed by atoms with E-state index in [2.05, 4.69) is 25.0 Å². The molecular formula is C13H16N2O. The molecule has 0 saturated heterocycles. The summed E-state index contributed by atoms with van der Waals surface area (Å²) in [5.41, 5.74) is 4.44. The smallest absolute Gasteiger partial charge is 0.119 e. The summed E-state index contributed by atoms with van der Waals surface area (Å²) in [6.45, 7) is 6.13. The van der Waals surface area contributed by atoms with Crippen molar-refractivity contribution in [3.8, 4) is 11.4 Å². The minimum absolute atomic E-state index is 0.878. The van der Waals surface area contributed by atoms with Gasteiger partial charge >= 0.3 is 0 Å². The summed E-state index contributed by atoms with van der Waals surface area (Å²) in [4.78, 5) is 0. The van der Waals surface area contributed by atoms with Gasteiger partial charge in [-0.25, -0.2) is 4.68 Å². The average molecular weight is 216 g/mol. The van der Waals surface area contributed by atoms with E-state index in [4.69, 9.17) is 4.74 Å². The number of rotatable bonds is 2. The molecule has 1 aromatic heterocycles. The zero-order valence-corrected chi connectivity index (χ0v) is 10.1. The molecule has 0 radical (unpaired) electrons. The molecule has 0 fully saturated rings. The fraction of sp³-hybridized carbons (Fsp3) is 0.308. The molecule has 2 rings (SSSR count). The fourth-order valence-electron chi connectivity index (χ4n) is 1.87. The van der Waals surface area contributed by atoms with Crippen LogP contribution in [0.3, 0.4) is 0 Å². The standard InChI is InChI=1S/C13H16N2O/c1-9-7-12(16-4)5-6-13(9)15-11(3)8-10(2)14-15/h5-8H,1-4H3. The summed E-state index contributed by atoms with van der Waals surface area (Å²) in [7, 11) is 1.68. The molecule has 3 heteroatoms. The molecular weight excluding hydrogens is 200 g/mol. The molecule has 0 aliphatic heterocycles. The van der Waals surface area contributed by atoms with Crippen LogP contribution in [0, 0.1) is 20.8 Å². The quantitative estimate of drug-likeness (QED) is 0.771. The highest BCUT2D eigenvalue weighted by Crippen LogP contribution is 2.21. The third-order valence-corrected chi connectivity index (χ3v) is 2.64. The van der Waals surface area contributed by atoms with Crippen LogP contribution >= 0.6 is 0 Å². The molecule has 2 aromatic rings. The van der Waals surface area contributed by atoms with E-state index in [-0.39, 0.29) is 0 Å². The second-order valence-electron chi connectivity index (χ2n) is 3.99.